The maximum atomic E-state index is 11.6. The lowest BCUT2D eigenvalue weighted by atomic mass is 9.88. The first-order valence-corrected chi connectivity index (χ1v) is 8.13. The molecule has 7 nitrogen and oxygen atoms in total. The van der Waals surface area contributed by atoms with Crippen molar-refractivity contribution in [2.45, 2.75) is 33.2 Å². The van der Waals surface area contributed by atoms with Gasteiger partial charge in [0, 0.05) is 18.7 Å². The smallest absolute Gasteiger partial charge is 0.252 e. The van der Waals surface area contributed by atoms with Gasteiger partial charge in [-0.25, -0.2) is 0 Å². The third-order valence-electron chi connectivity index (χ3n) is 4.42. The van der Waals surface area contributed by atoms with Crippen LogP contribution in [0.1, 0.15) is 33.6 Å². The molecule has 2 N–H and O–H groups in total. The van der Waals surface area contributed by atoms with Gasteiger partial charge in [0.1, 0.15) is 5.54 Å². The predicted molar refractivity (Wildman–Crippen MR) is 93.3 cm³/mol. The van der Waals surface area contributed by atoms with Crippen LogP contribution in [0.2, 0.25) is 0 Å². The van der Waals surface area contributed by atoms with Crippen LogP contribution in [0.5, 0.6) is 0 Å². The van der Waals surface area contributed by atoms with E-state index in [0.717, 1.165) is 16.8 Å². The average Bonchev–Trinajstić information content (AvgIpc) is 3.26. The van der Waals surface area contributed by atoms with Crippen LogP contribution >= 0.6 is 0 Å². The molecule has 7 heteroatoms. The summed E-state index contributed by atoms with van der Waals surface area (Å²) in [7, 11) is 0. The highest BCUT2D eigenvalue weighted by atomic mass is 16.5. The Kier molecular flexibility index (Phi) is 4.39. The van der Waals surface area contributed by atoms with E-state index in [2.05, 4.69) is 25.7 Å². The van der Waals surface area contributed by atoms with E-state index in [9.17, 15) is 4.79 Å². The van der Waals surface area contributed by atoms with Gasteiger partial charge in [0.15, 0.2) is 0 Å². The lowest BCUT2D eigenvalue weighted by Crippen LogP contribution is -2.46. The number of rotatable bonds is 5. The van der Waals surface area contributed by atoms with Crippen molar-refractivity contribution in [1.82, 2.24) is 25.7 Å². The second-order valence-corrected chi connectivity index (χ2v) is 6.51. The van der Waals surface area contributed by atoms with Crippen LogP contribution in [0.15, 0.2) is 41.1 Å². The van der Waals surface area contributed by atoms with Crippen molar-refractivity contribution >= 4 is 5.91 Å². The fourth-order valence-corrected chi connectivity index (χ4v) is 2.58. The second-order valence-electron chi connectivity index (χ2n) is 6.51. The third kappa shape index (κ3) is 3.31. The Morgan fingerprint density at radius 3 is 2.44 bits per heavy atom. The minimum Gasteiger partial charge on any atom is -0.342 e. The van der Waals surface area contributed by atoms with E-state index >= 15 is 0 Å². The standard InChI is InChI=1S/C18H21N5O2/c1-11(2)18(4,21-12(3)24)17-20-16(23-25-17)14-7-5-13(6-8-14)15-9-10-19-22-15/h5-11H,1-4H3,(H,19,22)(H,21,24). The quantitative estimate of drug-likeness (QED) is 0.744. The minimum atomic E-state index is -0.715. The summed E-state index contributed by atoms with van der Waals surface area (Å²) < 4.78 is 5.46. The highest BCUT2D eigenvalue weighted by Gasteiger charge is 2.37. The van der Waals surface area contributed by atoms with Gasteiger partial charge >= 0.3 is 0 Å². The highest BCUT2D eigenvalue weighted by molar-refractivity contribution is 5.74. The summed E-state index contributed by atoms with van der Waals surface area (Å²) in [5.41, 5.74) is 2.09. The number of nitrogens with zero attached hydrogens (tertiary/aromatic N) is 3. The molecule has 1 unspecified atom stereocenters. The highest BCUT2D eigenvalue weighted by Crippen LogP contribution is 2.30. The Morgan fingerprint density at radius 1 is 1.20 bits per heavy atom. The zero-order valence-corrected chi connectivity index (χ0v) is 14.7. The van der Waals surface area contributed by atoms with E-state index in [1.165, 1.54) is 6.92 Å². The zero-order chi connectivity index (χ0) is 18.0. The number of carbonyl (C=O) groups excluding carboxylic acids is 1. The van der Waals surface area contributed by atoms with Crippen LogP contribution in [0.3, 0.4) is 0 Å². The Hall–Kier alpha value is -2.96. The van der Waals surface area contributed by atoms with Crippen molar-refractivity contribution in [1.29, 1.82) is 0 Å². The molecule has 1 aromatic carbocycles. The molecule has 3 rings (SSSR count). The molecule has 0 radical (unpaired) electrons. The molecule has 1 atom stereocenters. The Morgan fingerprint density at radius 2 is 1.88 bits per heavy atom. The SMILES string of the molecule is CC(=O)NC(C)(c1nc(-c2ccc(-c3ccn[nH]3)cc2)no1)C(C)C. The predicted octanol–water partition coefficient (Wildman–Crippen LogP) is 3.13. The van der Waals surface area contributed by atoms with Crippen molar-refractivity contribution in [3.05, 3.63) is 42.4 Å². The summed E-state index contributed by atoms with van der Waals surface area (Å²) in [5.74, 6) is 0.834. The normalized spacial score (nSPS) is 13.6. The fraction of sp³-hybridized carbons (Fsp3) is 0.333. The summed E-state index contributed by atoms with van der Waals surface area (Å²) in [6.07, 6.45) is 1.71. The fourth-order valence-electron chi connectivity index (χ4n) is 2.58. The number of carbonyl (C=O) groups is 1. The summed E-state index contributed by atoms with van der Waals surface area (Å²) in [5, 5.41) is 13.9. The monoisotopic (exact) mass is 339 g/mol. The van der Waals surface area contributed by atoms with Crippen LogP contribution in [0.25, 0.3) is 22.6 Å². The number of aromatic nitrogens is 4. The van der Waals surface area contributed by atoms with Crippen molar-refractivity contribution in [2.24, 2.45) is 5.92 Å². The summed E-state index contributed by atoms with van der Waals surface area (Å²) in [6.45, 7) is 7.36. The molecule has 1 amide bonds. The van der Waals surface area contributed by atoms with E-state index in [4.69, 9.17) is 4.52 Å². The molecule has 25 heavy (non-hydrogen) atoms. The van der Waals surface area contributed by atoms with Crippen LogP contribution < -0.4 is 5.32 Å². The van der Waals surface area contributed by atoms with Gasteiger partial charge in [-0.3, -0.25) is 9.89 Å². The van der Waals surface area contributed by atoms with Crippen molar-refractivity contribution in [2.75, 3.05) is 0 Å². The number of H-pyrrole nitrogens is 1. The Balaban J connectivity index is 1.89. The topological polar surface area (TPSA) is 96.7 Å². The van der Waals surface area contributed by atoms with Crippen molar-refractivity contribution in [3.8, 4) is 22.6 Å². The third-order valence-corrected chi connectivity index (χ3v) is 4.42. The average molecular weight is 339 g/mol. The minimum absolute atomic E-state index is 0.0902. The largest absolute Gasteiger partial charge is 0.342 e. The molecule has 130 valence electrons. The first-order chi connectivity index (χ1) is 11.9. The number of hydrogen-bond donors (Lipinski definition) is 2. The zero-order valence-electron chi connectivity index (χ0n) is 14.7. The van der Waals surface area contributed by atoms with Crippen LogP contribution in [0, 0.1) is 5.92 Å². The van der Waals surface area contributed by atoms with Gasteiger partial charge in [-0.15, -0.1) is 0 Å². The molecule has 0 aliphatic rings. The molecule has 0 aliphatic carbocycles. The van der Waals surface area contributed by atoms with E-state index in [1.54, 1.807) is 6.20 Å². The van der Waals surface area contributed by atoms with Gasteiger partial charge in [0.25, 0.3) is 5.89 Å². The molecule has 2 heterocycles. The first-order valence-electron chi connectivity index (χ1n) is 8.13. The van der Waals surface area contributed by atoms with Crippen molar-refractivity contribution < 1.29 is 9.32 Å². The van der Waals surface area contributed by atoms with Gasteiger partial charge < -0.3 is 9.84 Å². The van der Waals surface area contributed by atoms with Gasteiger partial charge in [-0.2, -0.15) is 10.1 Å². The molecule has 0 saturated heterocycles. The van der Waals surface area contributed by atoms with E-state index in [0.29, 0.717) is 11.7 Å². The first kappa shape index (κ1) is 16.9. The number of amides is 1. The lowest BCUT2D eigenvalue weighted by Gasteiger charge is -2.30. The summed E-state index contributed by atoms with van der Waals surface area (Å²) in [4.78, 5) is 16.1. The molecule has 0 saturated carbocycles. The van der Waals surface area contributed by atoms with E-state index in [-0.39, 0.29) is 11.8 Å². The second kappa shape index (κ2) is 6.51. The number of aromatic amines is 1. The van der Waals surface area contributed by atoms with Gasteiger partial charge in [-0.05, 0) is 24.5 Å². The number of nitrogens with one attached hydrogen (secondary N) is 2. The van der Waals surface area contributed by atoms with E-state index < -0.39 is 5.54 Å². The number of hydrogen-bond acceptors (Lipinski definition) is 5. The molecule has 0 spiro atoms. The van der Waals surface area contributed by atoms with Gasteiger partial charge in [-0.1, -0.05) is 43.3 Å². The van der Waals surface area contributed by atoms with Crippen LogP contribution in [-0.4, -0.2) is 26.2 Å². The van der Waals surface area contributed by atoms with Crippen LogP contribution in [-0.2, 0) is 10.3 Å². The lowest BCUT2D eigenvalue weighted by molar-refractivity contribution is -0.121. The molecule has 0 bridgehead atoms. The number of benzene rings is 1. The molecule has 3 aromatic rings. The van der Waals surface area contributed by atoms with Gasteiger partial charge in [0.2, 0.25) is 11.7 Å². The Bertz CT molecular complexity index is 852. The van der Waals surface area contributed by atoms with E-state index in [1.807, 2.05) is 51.1 Å². The summed E-state index contributed by atoms with van der Waals surface area (Å²) >= 11 is 0. The van der Waals surface area contributed by atoms with Gasteiger partial charge in [0.05, 0.1) is 5.69 Å². The maximum absolute atomic E-state index is 11.6. The summed E-state index contributed by atoms with van der Waals surface area (Å²) in [6, 6.07) is 9.69. The van der Waals surface area contributed by atoms with Crippen LogP contribution in [0.4, 0.5) is 0 Å². The molecular formula is C18H21N5O2. The molecule has 2 aromatic heterocycles. The molecule has 0 aliphatic heterocycles. The maximum Gasteiger partial charge on any atom is 0.252 e. The molecular weight excluding hydrogens is 318 g/mol. The molecule has 0 fully saturated rings. The Labute approximate surface area is 145 Å². The van der Waals surface area contributed by atoms with Crippen molar-refractivity contribution in [3.63, 3.8) is 0 Å².